The number of rotatable bonds is 5. The molecule has 0 saturated carbocycles. The van der Waals surface area contributed by atoms with Gasteiger partial charge in [0.15, 0.2) is 5.82 Å². The van der Waals surface area contributed by atoms with Gasteiger partial charge in [0, 0.05) is 10.9 Å². The number of thiophene rings is 1. The molecule has 0 aliphatic carbocycles. The number of hydrogen-bond donors (Lipinski definition) is 1. The summed E-state index contributed by atoms with van der Waals surface area (Å²) in [5.41, 5.74) is 0.929. The quantitative estimate of drug-likeness (QED) is 0.809. The zero-order valence-electron chi connectivity index (χ0n) is 9.58. The molecule has 0 spiro atoms. The van der Waals surface area contributed by atoms with E-state index in [0.29, 0.717) is 12.2 Å². The number of halogens is 1. The van der Waals surface area contributed by atoms with Crippen molar-refractivity contribution in [3.05, 3.63) is 14.3 Å². The Morgan fingerprint density at radius 2 is 2.44 bits per heavy atom. The Kier molecular flexibility index (Phi) is 4.27. The molecule has 2 aromatic heterocycles. The van der Waals surface area contributed by atoms with Crippen LogP contribution in [0.4, 0.5) is 0 Å². The molecule has 18 heavy (non-hydrogen) atoms. The smallest absolute Gasteiger partial charge is 0.305 e. The standard InChI is InChI=1S/C10H11IN4O2S/c1-2-7(4-9(16)17)15-10(12-13-14-15)6-3-8(11)18-5-6/h3,5,7H,2,4H2,1H3,(H,16,17). The van der Waals surface area contributed by atoms with Gasteiger partial charge in [-0.25, -0.2) is 4.68 Å². The highest BCUT2D eigenvalue weighted by atomic mass is 127. The van der Waals surface area contributed by atoms with Crippen LogP contribution in [0.2, 0.25) is 0 Å². The number of carboxylic acid groups (broad SMARTS) is 1. The number of nitrogens with zero attached hydrogens (tertiary/aromatic N) is 4. The minimum atomic E-state index is -0.844. The van der Waals surface area contributed by atoms with E-state index in [1.165, 1.54) is 0 Å². The second kappa shape index (κ2) is 5.74. The van der Waals surface area contributed by atoms with E-state index in [9.17, 15) is 4.79 Å². The summed E-state index contributed by atoms with van der Waals surface area (Å²) in [4.78, 5) is 10.8. The SMILES string of the molecule is CCC(CC(=O)O)n1nnnc1-c1csc(I)c1. The fourth-order valence-electron chi connectivity index (χ4n) is 1.66. The predicted molar refractivity (Wildman–Crippen MR) is 75.4 cm³/mol. The Bertz CT molecular complexity index is 554. The number of hydrogen-bond acceptors (Lipinski definition) is 5. The van der Waals surface area contributed by atoms with Crippen LogP contribution < -0.4 is 0 Å². The van der Waals surface area contributed by atoms with Crippen molar-refractivity contribution in [2.75, 3.05) is 0 Å². The summed E-state index contributed by atoms with van der Waals surface area (Å²) in [6, 6.07) is 1.77. The van der Waals surface area contributed by atoms with Crippen molar-refractivity contribution in [1.82, 2.24) is 20.2 Å². The van der Waals surface area contributed by atoms with Gasteiger partial charge in [0.05, 0.1) is 15.3 Å². The summed E-state index contributed by atoms with van der Waals surface area (Å²) in [6.45, 7) is 1.93. The maximum absolute atomic E-state index is 10.8. The first-order valence-electron chi connectivity index (χ1n) is 5.36. The van der Waals surface area contributed by atoms with E-state index >= 15 is 0 Å². The van der Waals surface area contributed by atoms with Gasteiger partial charge < -0.3 is 5.11 Å². The van der Waals surface area contributed by atoms with E-state index in [1.54, 1.807) is 16.0 Å². The molecule has 0 aliphatic rings. The second-order valence-corrected chi connectivity index (χ2v) is 6.55. The minimum absolute atomic E-state index is 0.0236. The molecule has 2 aromatic rings. The summed E-state index contributed by atoms with van der Waals surface area (Å²) in [5.74, 6) is -0.217. The van der Waals surface area contributed by atoms with Gasteiger partial charge in [-0.2, -0.15) is 0 Å². The van der Waals surface area contributed by atoms with Gasteiger partial charge in [-0.3, -0.25) is 4.79 Å². The molecule has 0 saturated heterocycles. The van der Waals surface area contributed by atoms with Crippen molar-refractivity contribution in [3.8, 4) is 11.4 Å². The Hall–Kier alpha value is -1.03. The Morgan fingerprint density at radius 1 is 1.67 bits per heavy atom. The highest BCUT2D eigenvalue weighted by Gasteiger charge is 2.20. The molecule has 1 N–H and O–H groups in total. The fraction of sp³-hybridized carbons (Fsp3) is 0.400. The first-order valence-corrected chi connectivity index (χ1v) is 7.31. The van der Waals surface area contributed by atoms with Crippen molar-refractivity contribution in [2.45, 2.75) is 25.8 Å². The lowest BCUT2D eigenvalue weighted by atomic mass is 10.1. The summed E-state index contributed by atoms with van der Waals surface area (Å²) >= 11 is 3.84. The van der Waals surface area contributed by atoms with E-state index in [2.05, 4.69) is 38.1 Å². The highest BCUT2D eigenvalue weighted by Crippen LogP contribution is 2.27. The summed E-state index contributed by atoms with van der Waals surface area (Å²) in [6.07, 6.45) is 0.696. The number of aromatic nitrogens is 4. The third-order valence-corrected chi connectivity index (χ3v) is 4.33. The monoisotopic (exact) mass is 378 g/mol. The Morgan fingerprint density at radius 3 is 3.00 bits per heavy atom. The summed E-state index contributed by atoms with van der Waals surface area (Å²) < 4.78 is 2.75. The van der Waals surface area contributed by atoms with Gasteiger partial charge in [-0.05, 0) is 45.5 Å². The van der Waals surface area contributed by atoms with Gasteiger partial charge in [0.1, 0.15) is 0 Å². The summed E-state index contributed by atoms with van der Waals surface area (Å²) in [7, 11) is 0. The van der Waals surface area contributed by atoms with Gasteiger partial charge in [0.25, 0.3) is 0 Å². The molecule has 0 bridgehead atoms. The molecule has 0 aromatic carbocycles. The normalized spacial score (nSPS) is 12.6. The molecule has 0 aliphatic heterocycles. The van der Waals surface area contributed by atoms with Crippen LogP contribution in [0.3, 0.4) is 0 Å². The lowest BCUT2D eigenvalue weighted by Gasteiger charge is -2.13. The largest absolute Gasteiger partial charge is 0.481 e. The average Bonchev–Trinajstić information content (AvgIpc) is 2.93. The van der Waals surface area contributed by atoms with E-state index < -0.39 is 5.97 Å². The van der Waals surface area contributed by atoms with Crippen LogP contribution in [0.5, 0.6) is 0 Å². The minimum Gasteiger partial charge on any atom is -0.481 e. The maximum Gasteiger partial charge on any atom is 0.305 e. The van der Waals surface area contributed by atoms with Crippen molar-refractivity contribution < 1.29 is 9.90 Å². The van der Waals surface area contributed by atoms with Gasteiger partial charge in [-0.1, -0.05) is 6.92 Å². The Labute approximate surface area is 121 Å². The van der Waals surface area contributed by atoms with Gasteiger partial charge in [0.2, 0.25) is 0 Å². The molecule has 0 amide bonds. The molecule has 0 radical (unpaired) electrons. The molecule has 0 fully saturated rings. The third-order valence-electron chi connectivity index (χ3n) is 2.55. The molecule has 2 rings (SSSR count). The first kappa shape index (κ1) is 13.4. The fourth-order valence-corrected chi connectivity index (χ4v) is 2.99. The number of carbonyl (C=O) groups is 1. The maximum atomic E-state index is 10.8. The van der Waals surface area contributed by atoms with Crippen LogP contribution >= 0.6 is 33.9 Å². The topological polar surface area (TPSA) is 80.9 Å². The van der Waals surface area contributed by atoms with Crippen LogP contribution in [-0.4, -0.2) is 31.3 Å². The third kappa shape index (κ3) is 2.86. The molecular weight excluding hydrogens is 367 g/mol. The molecule has 2 heterocycles. The van der Waals surface area contributed by atoms with Crippen molar-refractivity contribution in [2.24, 2.45) is 0 Å². The molecular formula is C10H11IN4O2S. The predicted octanol–water partition coefficient (Wildman–Crippen LogP) is 2.43. The average molecular weight is 378 g/mol. The highest BCUT2D eigenvalue weighted by molar-refractivity contribution is 14.1. The molecule has 96 valence electrons. The van der Waals surface area contributed by atoms with E-state index in [1.807, 2.05) is 18.4 Å². The van der Waals surface area contributed by atoms with E-state index in [4.69, 9.17) is 5.11 Å². The molecule has 6 nitrogen and oxygen atoms in total. The van der Waals surface area contributed by atoms with Crippen LogP contribution in [0.1, 0.15) is 25.8 Å². The van der Waals surface area contributed by atoms with Crippen molar-refractivity contribution in [1.29, 1.82) is 0 Å². The van der Waals surface area contributed by atoms with Crippen LogP contribution in [0, 0.1) is 2.88 Å². The van der Waals surface area contributed by atoms with Crippen molar-refractivity contribution >= 4 is 39.9 Å². The molecule has 1 atom stereocenters. The van der Waals surface area contributed by atoms with Crippen LogP contribution in [0.15, 0.2) is 11.4 Å². The molecule has 1 unspecified atom stereocenters. The number of tetrazole rings is 1. The first-order chi connectivity index (χ1) is 8.61. The zero-order valence-corrected chi connectivity index (χ0v) is 12.6. The number of aliphatic carboxylic acids is 1. The van der Waals surface area contributed by atoms with E-state index in [-0.39, 0.29) is 12.5 Å². The van der Waals surface area contributed by atoms with Gasteiger partial charge >= 0.3 is 5.97 Å². The lowest BCUT2D eigenvalue weighted by Crippen LogP contribution is -2.15. The molecule has 8 heteroatoms. The summed E-state index contributed by atoms with van der Waals surface area (Å²) in [5, 5.41) is 22.4. The zero-order chi connectivity index (χ0) is 13.1. The van der Waals surface area contributed by atoms with Gasteiger partial charge in [-0.15, -0.1) is 16.4 Å². The van der Waals surface area contributed by atoms with E-state index in [0.717, 1.165) is 8.45 Å². The lowest BCUT2D eigenvalue weighted by molar-refractivity contribution is -0.138. The number of carboxylic acids is 1. The second-order valence-electron chi connectivity index (χ2n) is 3.75. The van der Waals surface area contributed by atoms with Crippen LogP contribution in [0.25, 0.3) is 11.4 Å². The Balaban J connectivity index is 2.34. The van der Waals surface area contributed by atoms with Crippen LogP contribution in [-0.2, 0) is 4.79 Å². The van der Waals surface area contributed by atoms with Crippen molar-refractivity contribution in [3.63, 3.8) is 0 Å².